The Morgan fingerprint density at radius 2 is 2.00 bits per heavy atom. The van der Waals surface area contributed by atoms with Crippen LogP contribution in [0.3, 0.4) is 0 Å². The maximum Gasteiger partial charge on any atom is 0.169 e. The molecule has 1 saturated heterocycles. The van der Waals surface area contributed by atoms with Crippen molar-refractivity contribution in [2.24, 2.45) is 5.41 Å². The number of unbranched alkanes of at least 4 members (excludes halogenated alkanes) is 1. The van der Waals surface area contributed by atoms with Gasteiger partial charge in [0, 0.05) is 11.0 Å². The van der Waals surface area contributed by atoms with Crippen molar-refractivity contribution in [3.63, 3.8) is 0 Å². The number of benzene rings is 1. The van der Waals surface area contributed by atoms with Crippen LogP contribution in [0.15, 0.2) is 12.1 Å². The van der Waals surface area contributed by atoms with Crippen LogP contribution in [-0.4, -0.2) is 18.9 Å². The van der Waals surface area contributed by atoms with E-state index in [2.05, 4.69) is 12.2 Å². The van der Waals surface area contributed by atoms with Gasteiger partial charge in [0.05, 0.1) is 10.0 Å². The average Bonchev–Trinajstić information content (AvgIpc) is 2.50. The minimum atomic E-state index is -0.632. The number of hydrogen-bond acceptors (Lipinski definition) is 2. The van der Waals surface area contributed by atoms with E-state index in [1.807, 2.05) is 0 Å². The van der Waals surface area contributed by atoms with Gasteiger partial charge in [-0.1, -0.05) is 43.0 Å². The van der Waals surface area contributed by atoms with Crippen LogP contribution in [0.5, 0.6) is 0 Å². The maximum absolute atomic E-state index is 13.8. The van der Waals surface area contributed by atoms with Crippen LogP contribution >= 0.6 is 23.2 Å². The molecule has 21 heavy (non-hydrogen) atoms. The number of piperidine rings is 1. The van der Waals surface area contributed by atoms with Crippen molar-refractivity contribution in [2.75, 3.05) is 13.1 Å². The molecule has 1 N–H and O–H groups in total. The third kappa shape index (κ3) is 3.58. The highest BCUT2D eigenvalue weighted by Gasteiger charge is 2.39. The lowest BCUT2D eigenvalue weighted by Gasteiger charge is -2.36. The fourth-order valence-electron chi connectivity index (χ4n) is 3.00. The number of carbonyl (C=O) groups is 1. The van der Waals surface area contributed by atoms with Crippen LogP contribution in [0, 0.1) is 11.2 Å². The Morgan fingerprint density at radius 1 is 1.33 bits per heavy atom. The first-order valence-electron chi connectivity index (χ1n) is 7.40. The van der Waals surface area contributed by atoms with Gasteiger partial charge < -0.3 is 5.32 Å². The molecule has 0 bridgehead atoms. The van der Waals surface area contributed by atoms with Gasteiger partial charge in [-0.15, -0.1) is 0 Å². The Labute approximate surface area is 135 Å². The molecular weight excluding hydrogens is 312 g/mol. The second-order valence-corrected chi connectivity index (χ2v) is 6.50. The van der Waals surface area contributed by atoms with Gasteiger partial charge in [0.15, 0.2) is 5.78 Å². The van der Waals surface area contributed by atoms with Crippen molar-refractivity contribution in [1.29, 1.82) is 0 Å². The predicted molar refractivity (Wildman–Crippen MR) is 84.8 cm³/mol. The maximum atomic E-state index is 13.8. The minimum Gasteiger partial charge on any atom is -0.317 e. The molecule has 0 unspecified atom stereocenters. The molecule has 5 heteroatoms. The standard InChI is InChI=1S/C16H20Cl2FNO/c1-2-3-4-16(5-7-20-8-6-16)15(21)11-9-12(17)14(18)13(19)10-11/h9-10,20H,2-8H2,1H3. The van der Waals surface area contributed by atoms with E-state index in [0.717, 1.165) is 45.2 Å². The summed E-state index contributed by atoms with van der Waals surface area (Å²) >= 11 is 11.6. The Hall–Kier alpha value is -0.640. The number of nitrogens with one attached hydrogen (secondary N) is 1. The molecule has 0 atom stereocenters. The van der Waals surface area contributed by atoms with Crippen LogP contribution in [0.4, 0.5) is 4.39 Å². The molecular formula is C16H20Cl2FNO. The number of carbonyl (C=O) groups excluding carboxylic acids is 1. The highest BCUT2D eigenvalue weighted by molar-refractivity contribution is 6.42. The Morgan fingerprint density at radius 3 is 2.57 bits per heavy atom. The molecule has 1 aliphatic heterocycles. The fraction of sp³-hybridized carbons (Fsp3) is 0.562. The molecule has 0 amide bonds. The molecule has 0 aromatic heterocycles. The van der Waals surface area contributed by atoms with E-state index in [1.54, 1.807) is 0 Å². The molecule has 2 nitrogen and oxygen atoms in total. The third-order valence-electron chi connectivity index (χ3n) is 4.30. The highest BCUT2D eigenvalue weighted by atomic mass is 35.5. The summed E-state index contributed by atoms with van der Waals surface area (Å²) in [5, 5.41) is 3.25. The zero-order chi connectivity index (χ0) is 15.5. The summed E-state index contributed by atoms with van der Waals surface area (Å²) in [6.45, 7) is 3.75. The van der Waals surface area contributed by atoms with E-state index < -0.39 is 11.2 Å². The van der Waals surface area contributed by atoms with E-state index in [0.29, 0.717) is 5.56 Å². The molecule has 116 valence electrons. The van der Waals surface area contributed by atoms with E-state index in [1.165, 1.54) is 12.1 Å². The molecule has 1 fully saturated rings. The van der Waals surface area contributed by atoms with Crippen LogP contribution in [0.2, 0.25) is 10.0 Å². The topological polar surface area (TPSA) is 29.1 Å². The van der Waals surface area contributed by atoms with Crippen molar-refractivity contribution < 1.29 is 9.18 Å². The fourth-order valence-corrected chi connectivity index (χ4v) is 3.32. The Bertz CT molecular complexity index is 504. The molecule has 0 spiro atoms. The number of halogens is 3. The predicted octanol–water partition coefficient (Wildman–Crippen LogP) is 4.88. The lowest BCUT2D eigenvalue weighted by Crippen LogP contribution is -2.42. The first kappa shape index (κ1) is 16.7. The molecule has 1 aromatic rings. The molecule has 0 radical (unpaired) electrons. The third-order valence-corrected chi connectivity index (χ3v) is 5.08. The monoisotopic (exact) mass is 331 g/mol. The Kier molecular flexibility index (Phi) is 5.64. The molecule has 1 heterocycles. The smallest absolute Gasteiger partial charge is 0.169 e. The second-order valence-electron chi connectivity index (χ2n) is 5.72. The lowest BCUT2D eigenvalue weighted by molar-refractivity contribution is 0.0700. The largest absolute Gasteiger partial charge is 0.317 e. The molecule has 1 aliphatic rings. The van der Waals surface area contributed by atoms with Gasteiger partial charge in [-0.25, -0.2) is 4.39 Å². The second kappa shape index (κ2) is 7.08. The van der Waals surface area contributed by atoms with Crippen molar-refractivity contribution >= 4 is 29.0 Å². The van der Waals surface area contributed by atoms with E-state index in [4.69, 9.17) is 23.2 Å². The lowest BCUT2D eigenvalue weighted by atomic mass is 9.70. The average molecular weight is 332 g/mol. The quantitative estimate of drug-likeness (QED) is 0.615. The van der Waals surface area contributed by atoms with Gasteiger partial charge in [-0.05, 0) is 44.5 Å². The van der Waals surface area contributed by atoms with Crippen LogP contribution in [0.25, 0.3) is 0 Å². The zero-order valence-electron chi connectivity index (χ0n) is 12.1. The number of Topliss-reactive ketones (excluding diaryl/α,β-unsaturated/α-hetero) is 1. The minimum absolute atomic E-state index is 0.00471. The highest BCUT2D eigenvalue weighted by Crippen LogP contribution is 2.39. The summed E-state index contributed by atoms with van der Waals surface area (Å²) in [5.74, 6) is -0.637. The summed E-state index contributed by atoms with van der Waals surface area (Å²) in [7, 11) is 0. The van der Waals surface area contributed by atoms with E-state index in [-0.39, 0.29) is 15.8 Å². The first-order valence-corrected chi connectivity index (χ1v) is 8.16. The van der Waals surface area contributed by atoms with Crippen molar-refractivity contribution in [3.8, 4) is 0 Å². The van der Waals surface area contributed by atoms with Crippen LogP contribution < -0.4 is 5.32 Å². The zero-order valence-corrected chi connectivity index (χ0v) is 13.7. The molecule has 0 aliphatic carbocycles. The van der Waals surface area contributed by atoms with E-state index in [9.17, 15) is 9.18 Å². The number of hydrogen-bond donors (Lipinski definition) is 1. The molecule has 0 saturated carbocycles. The summed E-state index contributed by atoms with van der Waals surface area (Å²) in [6.07, 6.45) is 4.45. The summed E-state index contributed by atoms with van der Waals surface area (Å²) in [6, 6.07) is 2.71. The van der Waals surface area contributed by atoms with Crippen molar-refractivity contribution in [1.82, 2.24) is 5.32 Å². The van der Waals surface area contributed by atoms with E-state index >= 15 is 0 Å². The van der Waals surface area contributed by atoms with Crippen LogP contribution in [-0.2, 0) is 0 Å². The Balaban J connectivity index is 2.33. The van der Waals surface area contributed by atoms with Crippen LogP contribution in [0.1, 0.15) is 49.4 Å². The van der Waals surface area contributed by atoms with Gasteiger partial charge >= 0.3 is 0 Å². The number of ketones is 1. The normalized spacial score (nSPS) is 17.7. The van der Waals surface area contributed by atoms with Gasteiger partial charge in [0.1, 0.15) is 5.82 Å². The van der Waals surface area contributed by atoms with Gasteiger partial charge in [-0.3, -0.25) is 4.79 Å². The van der Waals surface area contributed by atoms with Gasteiger partial charge in [0.25, 0.3) is 0 Å². The first-order chi connectivity index (χ1) is 10.00. The number of rotatable bonds is 5. The molecule has 1 aromatic carbocycles. The summed E-state index contributed by atoms with van der Waals surface area (Å²) < 4.78 is 13.8. The van der Waals surface area contributed by atoms with Crippen molar-refractivity contribution in [2.45, 2.75) is 39.0 Å². The summed E-state index contributed by atoms with van der Waals surface area (Å²) in [5.41, 5.74) is -0.0647. The summed E-state index contributed by atoms with van der Waals surface area (Å²) in [4.78, 5) is 12.9. The molecule has 2 rings (SSSR count). The van der Waals surface area contributed by atoms with Gasteiger partial charge in [-0.2, -0.15) is 0 Å². The SMILES string of the molecule is CCCCC1(C(=O)c2cc(F)c(Cl)c(Cl)c2)CCNCC1. The van der Waals surface area contributed by atoms with Crippen molar-refractivity contribution in [3.05, 3.63) is 33.6 Å². The van der Waals surface area contributed by atoms with Gasteiger partial charge in [0.2, 0.25) is 0 Å².